The summed E-state index contributed by atoms with van der Waals surface area (Å²) >= 11 is 0. The molecule has 0 heterocycles. The molecule has 0 rings (SSSR count). The Morgan fingerprint density at radius 1 is 0.812 bits per heavy atom. The second kappa shape index (κ2) is 24.7. The molecule has 0 atom stereocenters. The third kappa shape index (κ3) is 130. The van der Waals surface area contributed by atoms with Crippen LogP contribution in [0.25, 0.3) is 0 Å². The Morgan fingerprint density at radius 2 is 1.00 bits per heavy atom. The van der Waals surface area contributed by atoms with Crippen molar-refractivity contribution in [1.29, 1.82) is 0 Å². The largest absolute Gasteiger partial charge is 0.395 e. The molecule has 0 bridgehead atoms. The van der Waals surface area contributed by atoms with E-state index >= 15 is 0 Å². The summed E-state index contributed by atoms with van der Waals surface area (Å²) in [6.07, 6.45) is -0.333. The summed E-state index contributed by atoms with van der Waals surface area (Å²) in [7, 11) is 0. The van der Waals surface area contributed by atoms with E-state index in [0.717, 1.165) is 0 Å². The zero-order chi connectivity index (χ0) is 12.7. The molecule has 0 unspecified atom stereocenters. The first kappa shape index (κ1) is 25.4. The van der Waals surface area contributed by atoms with Gasteiger partial charge in [-0.15, -0.1) is 0 Å². The Kier molecular flexibility index (Phi) is 39.1. The molecule has 0 amide bonds. The van der Waals surface area contributed by atoms with Crippen molar-refractivity contribution in [3.8, 4) is 0 Å². The van der Waals surface area contributed by atoms with Crippen LogP contribution in [0.1, 0.15) is 27.7 Å². The van der Waals surface area contributed by atoms with E-state index in [0.29, 0.717) is 13.1 Å². The number of aliphatic hydroxyl groups excluding tert-OH is 4. The van der Waals surface area contributed by atoms with Gasteiger partial charge in [-0.25, -0.2) is 0 Å². The van der Waals surface area contributed by atoms with Gasteiger partial charge in [0.25, 0.3) is 0 Å². The summed E-state index contributed by atoms with van der Waals surface area (Å²) in [5.41, 5.74) is 0. The van der Waals surface area contributed by atoms with Gasteiger partial charge in [0, 0.05) is 47.0 Å². The van der Waals surface area contributed by atoms with Crippen LogP contribution < -0.4 is 5.32 Å². The zero-order valence-electron chi connectivity index (χ0n) is 10.8. The van der Waals surface area contributed by atoms with E-state index in [1.807, 2.05) is 0 Å². The van der Waals surface area contributed by atoms with Crippen LogP contribution >= 0.6 is 0 Å². The molecule has 0 radical (unpaired) electrons. The fraction of sp³-hybridized carbons (Fsp3) is 1.00. The van der Waals surface area contributed by atoms with Gasteiger partial charge in [0.05, 0.1) is 13.2 Å². The Hall–Kier alpha value is 0.514. The van der Waals surface area contributed by atoms with Crippen LogP contribution in [0, 0.1) is 0 Å². The van der Waals surface area contributed by atoms with Gasteiger partial charge in [0.2, 0.25) is 0 Å². The van der Waals surface area contributed by atoms with Crippen molar-refractivity contribution >= 4 is 0 Å². The second-order valence-corrected chi connectivity index (χ2v) is 3.38. The maximum Gasteiger partial charge on any atom is 0.0555 e. The van der Waals surface area contributed by atoms with Crippen LogP contribution in [0.15, 0.2) is 0 Å². The van der Waals surface area contributed by atoms with Gasteiger partial charge in [0.15, 0.2) is 0 Å². The zero-order valence-corrected chi connectivity index (χ0v) is 12.3. The minimum atomic E-state index is -0.167. The van der Waals surface area contributed by atoms with Crippen molar-refractivity contribution in [1.82, 2.24) is 5.32 Å². The van der Waals surface area contributed by atoms with Crippen molar-refractivity contribution in [3.63, 3.8) is 0 Å². The van der Waals surface area contributed by atoms with Crippen LogP contribution in [-0.4, -0.2) is 58.9 Å². The van der Waals surface area contributed by atoms with Crippen LogP contribution in [0.2, 0.25) is 0 Å². The minimum Gasteiger partial charge on any atom is -0.395 e. The van der Waals surface area contributed by atoms with Gasteiger partial charge in [-0.05, 0) is 27.7 Å². The first-order chi connectivity index (χ1) is 6.88. The summed E-state index contributed by atoms with van der Waals surface area (Å²) in [4.78, 5) is 0. The molecular formula is C10H27NO4Ti. The number of hydrogen-bond acceptors (Lipinski definition) is 5. The molecule has 0 fully saturated rings. The van der Waals surface area contributed by atoms with Crippen molar-refractivity contribution < 1.29 is 42.1 Å². The molecule has 0 aromatic heterocycles. The molecule has 0 aromatic rings. The fourth-order valence-electron chi connectivity index (χ4n) is 0.283. The van der Waals surface area contributed by atoms with E-state index in [2.05, 4.69) is 5.32 Å². The first-order valence-electron chi connectivity index (χ1n) is 5.17. The van der Waals surface area contributed by atoms with E-state index < -0.39 is 0 Å². The normalized spacial score (nSPS) is 8.62. The van der Waals surface area contributed by atoms with Crippen LogP contribution in [0.5, 0.6) is 0 Å². The number of nitrogens with one attached hydrogen (secondary N) is 1. The molecular weight excluding hydrogens is 246 g/mol. The molecule has 0 aliphatic rings. The number of aliphatic hydroxyl groups is 4. The fourth-order valence-corrected chi connectivity index (χ4v) is 0.283. The SMILES string of the molecule is CC(C)O.CC(C)O.OCCNCCO.[Ti]. The monoisotopic (exact) mass is 273 g/mol. The van der Waals surface area contributed by atoms with Gasteiger partial charge >= 0.3 is 0 Å². The van der Waals surface area contributed by atoms with Crippen LogP contribution in [0.4, 0.5) is 0 Å². The smallest absolute Gasteiger partial charge is 0.0555 e. The molecule has 0 aromatic carbocycles. The summed E-state index contributed by atoms with van der Waals surface area (Å²) < 4.78 is 0. The molecule has 16 heavy (non-hydrogen) atoms. The van der Waals surface area contributed by atoms with Crippen molar-refractivity contribution in [2.24, 2.45) is 0 Å². The predicted octanol–water partition coefficient (Wildman–Crippen LogP) is -0.668. The topological polar surface area (TPSA) is 93.0 Å². The summed E-state index contributed by atoms with van der Waals surface area (Å²) in [6.45, 7) is 8.31. The van der Waals surface area contributed by atoms with E-state index in [1.165, 1.54) is 0 Å². The molecule has 0 spiro atoms. The maximum absolute atomic E-state index is 8.15. The molecule has 5 nitrogen and oxygen atoms in total. The molecule has 0 saturated heterocycles. The molecule has 5 N–H and O–H groups in total. The van der Waals surface area contributed by atoms with E-state index in [-0.39, 0.29) is 47.1 Å². The van der Waals surface area contributed by atoms with Gasteiger partial charge in [-0.3, -0.25) is 0 Å². The quantitative estimate of drug-likeness (QED) is 0.346. The molecule has 0 aliphatic heterocycles. The van der Waals surface area contributed by atoms with Crippen LogP contribution in [-0.2, 0) is 21.7 Å². The van der Waals surface area contributed by atoms with Crippen LogP contribution in [0.3, 0.4) is 0 Å². The Bertz CT molecular complexity index is 79.4. The van der Waals surface area contributed by atoms with Gasteiger partial charge in [0.1, 0.15) is 0 Å². The van der Waals surface area contributed by atoms with Gasteiger partial charge in [-0.2, -0.15) is 0 Å². The average molecular weight is 273 g/mol. The van der Waals surface area contributed by atoms with Gasteiger partial charge in [-0.1, -0.05) is 0 Å². The summed E-state index contributed by atoms with van der Waals surface area (Å²) in [6, 6.07) is 0. The third-order valence-electron chi connectivity index (χ3n) is 0.577. The average Bonchev–Trinajstić information content (AvgIpc) is 2.03. The molecule has 0 aliphatic carbocycles. The van der Waals surface area contributed by atoms with Crippen molar-refractivity contribution in [3.05, 3.63) is 0 Å². The first-order valence-corrected chi connectivity index (χ1v) is 5.17. The van der Waals surface area contributed by atoms with Crippen molar-refractivity contribution in [2.45, 2.75) is 39.9 Å². The summed E-state index contributed by atoms with van der Waals surface area (Å²) in [5, 5.41) is 35.2. The molecule has 6 heteroatoms. The third-order valence-corrected chi connectivity index (χ3v) is 0.577. The van der Waals surface area contributed by atoms with E-state index in [1.54, 1.807) is 27.7 Å². The molecule has 100 valence electrons. The van der Waals surface area contributed by atoms with E-state index in [4.69, 9.17) is 20.4 Å². The Morgan fingerprint density at radius 3 is 1.12 bits per heavy atom. The predicted molar refractivity (Wildman–Crippen MR) is 61.8 cm³/mol. The molecule has 0 saturated carbocycles. The van der Waals surface area contributed by atoms with Gasteiger partial charge < -0.3 is 25.7 Å². The summed E-state index contributed by atoms with van der Waals surface area (Å²) in [5.74, 6) is 0. The second-order valence-electron chi connectivity index (χ2n) is 3.38. The minimum absolute atomic E-state index is 0. The van der Waals surface area contributed by atoms with E-state index in [9.17, 15) is 0 Å². The number of hydrogen-bond donors (Lipinski definition) is 5. The number of rotatable bonds is 4. The Balaban J connectivity index is -0.0000000700. The van der Waals surface area contributed by atoms with Crippen molar-refractivity contribution in [2.75, 3.05) is 26.3 Å². The Labute approximate surface area is 114 Å². The maximum atomic E-state index is 8.15. The standard InChI is InChI=1S/C4H11NO2.2C3H8O.Ti/c6-3-1-5-2-4-7;2*1-3(2)4;/h5-7H,1-4H2;2*3-4H,1-2H3;.